The van der Waals surface area contributed by atoms with Gasteiger partial charge in [-0.3, -0.25) is 4.79 Å². The average Bonchev–Trinajstić information content (AvgIpc) is 3.06. The molecular formula is C24H29ClFN3O2. The molecule has 0 saturated carbocycles. The Bertz CT molecular complexity index is 938. The summed E-state index contributed by atoms with van der Waals surface area (Å²) in [5.41, 5.74) is 0.694. The Morgan fingerprint density at radius 3 is 2.68 bits per heavy atom. The quantitative estimate of drug-likeness (QED) is 0.550. The number of methoxy groups -OCH3 is 1. The van der Waals surface area contributed by atoms with Crippen molar-refractivity contribution in [3.8, 4) is 0 Å². The van der Waals surface area contributed by atoms with E-state index >= 15 is 0 Å². The number of ether oxygens (including phenoxy) is 1. The monoisotopic (exact) mass is 445 g/mol. The normalized spacial score (nSPS) is 20.6. The molecule has 0 saturated heterocycles. The summed E-state index contributed by atoms with van der Waals surface area (Å²) in [6.07, 6.45) is 2.55. The maximum absolute atomic E-state index is 14.9. The Kier molecular flexibility index (Phi) is 7.68. The molecule has 0 aliphatic carbocycles. The highest BCUT2D eigenvalue weighted by Gasteiger charge is 2.53. The molecule has 2 aromatic carbocycles. The number of hydrogen-bond acceptors (Lipinski definition) is 4. The van der Waals surface area contributed by atoms with Crippen LogP contribution in [-0.4, -0.2) is 37.4 Å². The first-order chi connectivity index (χ1) is 14.9. The summed E-state index contributed by atoms with van der Waals surface area (Å²) < 4.78 is 20.0. The maximum atomic E-state index is 14.9. The molecule has 1 aliphatic heterocycles. The number of carbonyl (C=O) groups is 1. The second-order valence-corrected chi connectivity index (χ2v) is 8.28. The van der Waals surface area contributed by atoms with E-state index in [9.17, 15) is 9.18 Å². The molecule has 2 aromatic rings. The van der Waals surface area contributed by atoms with Crippen molar-refractivity contribution in [1.29, 1.82) is 0 Å². The molecule has 3 rings (SSSR count). The first-order valence-electron chi connectivity index (χ1n) is 10.6. The molecule has 1 aliphatic rings. The third-order valence-corrected chi connectivity index (χ3v) is 6.00. The molecule has 5 nitrogen and oxygen atoms in total. The largest absolute Gasteiger partial charge is 0.383 e. The van der Waals surface area contributed by atoms with Crippen molar-refractivity contribution in [3.05, 3.63) is 64.9 Å². The third-order valence-electron chi connectivity index (χ3n) is 5.76. The fourth-order valence-electron chi connectivity index (χ4n) is 4.06. The molecule has 0 fully saturated rings. The van der Waals surface area contributed by atoms with E-state index in [1.165, 1.54) is 6.07 Å². The van der Waals surface area contributed by atoms with Gasteiger partial charge in [0.15, 0.2) is 0 Å². The van der Waals surface area contributed by atoms with Crippen LogP contribution in [0.25, 0.3) is 0 Å². The van der Waals surface area contributed by atoms with Crippen molar-refractivity contribution in [3.63, 3.8) is 0 Å². The molecule has 0 radical (unpaired) electrons. The van der Waals surface area contributed by atoms with Crippen LogP contribution in [0.15, 0.2) is 53.6 Å². The Morgan fingerprint density at radius 1 is 1.29 bits per heavy atom. The molecule has 7 heteroatoms. The molecule has 0 spiro atoms. The lowest BCUT2D eigenvalue weighted by atomic mass is 9.76. The van der Waals surface area contributed by atoms with Gasteiger partial charge in [-0.15, -0.1) is 0 Å². The van der Waals surface area contributed by atoms with Gasteiger partial charge in [-0.05, 0) is 43.7 Å². The highest BCUT2D eigenvalue weighted by Crippen LogP contribution is 2.42. The fourth-order valence-corrected chi connectivity index (χ4v) is 4.21. The van der Waals surface area contributed by atoms with E-state index in [4.69, 9.17) is 21.4 Å². The zero-order valence-electron chi connectivity index (χ0n) is 18.2. The van der Waals surface area contributed by atoms with Gasteiger partial charge in [0, 0.05) is 30.2 Å². The number of anilines is 1. The summed E-state index contributed by atoms with van der Waals surface area (Å²) in [6.45, 7) is 4.78. The summed E-state index contributed by atoms with van der Waals surface area (Å²) in [7, 11) is 1.59. The van der Waals surface area contributed by atoms with E-state index in [1.54, 1.807) is 24.3 Å². The number of hydrazone groups is 1. The van der Waals surface area contributed by atoms with Gasteiger partial charge in [-0.2, -0.15) is 5.10 Å². The van der Waals surface area contributed by atoms with E-state index < -0.39 is 11.4 Å². The van der Waals surface area contributed by atoms with Gasteiger partial charge in [-0.1, -0.05) is 49.6 Å². The molecule has 1 amide bonds. The van der Waals surface area contributed by atoms with Gasteiger partial charge in [0.25, 0.3) is 0 Å². The van der Waals surface area contributed by atoms with Gasteiger partial charge in [-0.25, -0.2) is 9.40 Å². The fraction of sp³-hybridized carbons (Fsp3) is 0.417. The summed E-state index contributed by atoms with van der Waals surface area (Å²) >= 11 is 5.98. The van der Waals surface area contributed by atoms with Gasteiger partial charge in [0.2, 0.25) is 5.91 Å². The molecule has 166 valence electrons. The predicted molar refractivity (Wildman–Crippen MR) is 123 cm³/mol. The molecule has 0 aromatic heterocycles. The van der Waals surface area contributed by atoms with E-state index in [0.29, 0.717) is 35.9 Å². The van der Waals surface area contributed by atoms with Crippen molar-refractivity contribution in [1.82, 2.24) is 5.32 Å². The van der Waals surface area contributed by atoms with Crippen LogP contribution in [-0.2, 0) is 9.53 Å². The van der Waals surface area contributed by atoms with E-state index in [1.807, 2.05) is 37.3 Å². The number of unbranched alkanes of at least 4 members (excludes halogenated alkanes) is 1. The van der Waals surface area contributed by atoms with Crippen LogP contribution in [0.1, 0.15) is 38.7 Å². The van der Waals surface area contributed by atoms with Crippen molar-refractivity contribution in [2.24, 2.45) is 11.0 Å². The van der Waals surface area contributed by atoms with Crippen molar-refractivity contribution in [2.45, 2.75) is 38.6 Å². The SMILES string of the molecule is CCCCC1C(c2ccc(Cl)cc2F)=NN(c2ccccc2)C1(C)C(=O)NCCOC. The summed E-state index contributed by atoms with van der Waals surface area (Å²) in [6, 6.07) is 14.1. The Morgan fingerprint density at radius 2 is 2.03 bits per heavy atom. The standard InChI is InChI=1S/C24H29ClFN3O2/c1-4-5-11-20-22(19-13-12-17(25)16-21(19)26)28-29(18-9-7-6-8-10-18)24(20,2)23(30)27-14-15-31-3/h6-10,12-13,16,20H,4-5,11,14-15H2,1-3H3,(H,27,30). The Balaban J connectivity index is 2.11. The number of rotatable bonds is 9. The van der Waals surface area contributed by atoms with E-state index in [2.05, 4.69) is 12.2 Å². The molecule has 1 N–H and O–H groups in total. The second kappa shape index (κ2) is 10.2. The number of para-hydroxylation sites is 1. The molecule has 1 heterocycles. The summed E-state index contributed by atoms with van der Waals surface area (Å²) in [5, 5.41) is 9.86. The number of hydrogen-bond donors (Lipinski definition) is 1. The third kappa shape index (κ3) is 4.75. The van der Waals surface area contributed by atoms with Crippen LogP contribution in [0.5, 0.6) is 0 Å². The number of nitrogens with one attached hydrogen (secondary N) is 1. The highest BCUT2D eigenvalue weighted by molar-refractivity contribution is 6.30. The lowest BCUT2D eigenvalue weighted by Crippen LogP contribution is -2.58. The number of amides is 1. The maximum Gasteiger partial charge on any atom is 0.248 e. The smallest absolute Gasteiger partial charge is 0.248 e. The number of carbonyl (C=O) groups excluding carboxylic acids is 1. The predicted octanol–water partition coefficient (Wildman–Crippen LogP) is 5.03. The summed E-state index contributed by atoms with van der Waals surface area (Å²) in [4.78, 5) is 13.5. The van der Waals surface area contributed by atoms with Crippen LogP contribution in [0.2, 0.25) is 5.02 Å². The minimum Gasteiger partial charge on any atom is -0.383 e. The average molecular weight is 446 g/mol. The Hall–Kier alpha value is -2.44. The van der Waals surface area contributed by atoms with Crippen molar-refractivity contribution >= 4 is 28.9 Å². The first-order valence-corrected chi connectivity index (χ1v) is 11.0. The van der Waals surface area contributed by atoms with Crippen LogP contribution in [0.4, 0.5) is 10.1 Å². The molecule has 31 heavy (non-hydrogen) atoms. The topological polar surface area (TPSA) is 53.9 Å². The highest BCUT2D eigenvalue weighted by atomic mass is 35.5. The molecular weight excluding hydrogens is 417 g/mol. The van der Waals surface area contributed by atoms with Gasteiger partial charge in [0.05, 0.1) is 18.0 Å². The van der Waals surface area contributed by atoms with Crippen LogP contribution >= 0.6 is 11.6 Å². The lowest BCUT2D eigenvalue weighted by Gasteiger charge is -2.37. The number of nitrogens with zero attached hydrogens (tertiary/aromatic N) is 2. The number of benzene rings is 2. The molecule has 2 atom stereocenters. The summed E-state index contributed by atoms with van der Waals surface area (Å²) in [5.74, 6) is -0.904. The number of halogens is 2. The first kappa shape index (κ1) is 23.2. The van der Waals surface area contributed by atoms with Gasteiger partial charge in [0.1, 0.15) is 11.4 Å². The lowest BCUT2D eigenvalue weighted by molar-refractivity contribution is -0.127. The minimum absolute atomic E-state index is 0.164. The van der Waals surface area contributed by atoms with Gasteiger partial charge < -0.3 is 10.1 Å². The molecule has 2 unspecified atom stereocenters. The van der Waals surface area contributed by atoms with E-state index in [-0.39, 0.29) is 11.8 Å². The Labute approximate surface area is 188 Å². The zero-order chi connectivity index (χ0) is 22.4. The van der Waals surface area contributed by atoms with E-state index in [0.717, 1.165) is 18.5 Å². The second-order valence-electron chi connectivity index (χ2n) is 7.85. The molecule has 0 bridgehead atoms. The zero-order valence-corrected chi connectivity index (χ0v) is 19.0. The van der Waals surface area contributed by atoms with Crippen LogP contribution in [0, 0.1) is 11.7 Å². The van der Waals surface area contributed by atoms with Gasteiger partial charge >= 0.3 is 0 Å². The van der Waals surface area contributed by atoms with Crippen LogP contribution < -0.4 is 10.3 Å². The minimum atomic E-state index is -1.02. The van der Waals surface area contributed by atoms with Crippen molar-refractivity contribution < 1.29 is 13.9 Å². The van der Waals surface area contributed by atoms with Crippen LogP contribution in [0.3, 0.4) is 0 Å². The van der Waals surface area contributed by atoms with Crippen molar-refractivity contribution in [2.75, 3.05) is 25.3 Å².